The zero-order valence-electron chi connectivity index (χ0n) is 11.5. The van der Waals surface area contributed by atoms with Gasteiger partial charge in [0.15, 0.2) is 0 Å². The Morgan fingerprint density at radius 2 is 2.21 bits per heavy atom. The molecule has 0 aliphatic carbocycles. The predicted octanol–water partition coefficient (Wildman–Crippen LogP) is 2.98. The van der Waals surface area contributed by atoms with Gasteiger partial charge in [0.1, 0.15) is 0 Å². The van der Waals surface area contributed by atoms with E-state index in [4.69, 9.17) is 0 Å². The Morgan fingerprint density at radius 3 is 2.84 bits per heavy atom. The van der Waals surface area contributed by atoms with Gasteiger partial charge in [0, 0.05) is 11.5 Å². The number of hydrogen-bond donors (Lipinski definition) is 1. The van der Waals surface area contributed by atoms with Crippen molar-refractivity contribution in [3.05, 3.63) is 45.7 Å². The van der Waals surface area contributed by atoms with Gasteiger partial charge in [0.05, 0.1) is 17.9 Å². The number of nitrogens with zero attached hydrogens (tertiary/aromatic N) is 3. The maximum Gasteiger partial charge on any atom is 0.0799 e. The van der Waals surface area contributed by atoms with Gasteiger partial charge in [0.2, 0.25) is 0 Å². The van der Waals surface area contributed by atoms with Gasteiger partial charge < -0.3 is 5.32 Å². The lowest BCUT2D eigenvalue weighted by atomic mass is 10.0. The molecule has 2 rings (SSSR count). The summed E-state index contributed by atoms with van der Waals surface area (Å²) in [6, 6.07) is 6.50. The van der Waals surface area contributed by atoms with Crippen LogP contribution in [-0.4, -0.2) is 21.5 Å². The number of nitrogens with one attached hydrogen (secondary N) is 1. The molecule has 0 amide bonds. The molecule has 1 aromatic heterocycles. The fraction of sp³-hybridized carbons (Fsp3) is 0.429. The Kier molecular flexibility index (Phi) is 4.71. The van der Waals surface area contributed by atoms with E-state index in [-0.39, 0.29) is 6.04 Å². The smallest absolute Gasteiger partial charge is 0.0799 e. The van der Waals surface area contributed by atoms with Gasteiger partial charge in [-0.2, -0.15) is 0 Å². The molecule has 0 saturated carbocycles. The molecule has 0 aliphatic rings. The van der Waals surface area contributed by atoms with E-state index in [0.29, 0.717) is 0 Å². The molecule has 0 aliphatic heterocycles. The van der Waals surface area contributed by atoms with Gasteiger partial charge in [0.25, 0.3) is 0 Å². The van der Waals surface area contributed by atoms with Crippen molar-refractivity contribution in [3.63, 3.8) is 0 Å². The fourth-order valence-electron chi connectivity index (χ4n) is 2.11. The molecule has 1 N–H and O–H groups in total. The predicted molar refractivity (Wildman–Crippen MR) is 80.0 cm³/mol. The van der Waals surface area contributed by atoms with Crippen molar-refractivity contribution in [1.82, 2.24) is 20.3 Å². The van der Waals surface area contributed by atoms with Crippen LogP contribution in [0.2, 0.25) is 0 Å². The van der Waals surface area contributed by atoms with E-state index in [1.54, 1.807) is 0 Å². The first-order valence-electron chi connectivity index (χ1n) is 6.47. The average molecular weight is 323 g/mol. The monoisotopic (exact) mass is 322 g/mol. The van der Waals surface area contributed by atoms with Crippen LogP contribution < -0.4 is 5.32 Å². The van der Waals surface area contributed by atoms with Gasteiger partial charge in [-0.1, -0.05) is 45.8 Å². The van der Waals surface area contributed by atoms with Gasteiger partial charge >= 0.3 is 0 Å². The third kappa shape index (κ3) is 3.22. The zero-order chi connectivity index (χ0) is 13.8. The largest absolute Gasteiger partial charge is 0.305 e. The molecule has 5 heteroatoms. The second kappa shape index (κ2) is 6.30. The lowest BCUT2D eigenvalue weighted by Gasteiger charge is -2.20. The lowest BCUT2D eigenvalue weighted by molar-refractivity contribution is 0.549. The van der Waals surface area contributed by atoms with Crippen LogP contribution in [0.1, 0.15) is 36.2 Å². The topological polar surface area (TPSA) is 42.7 Å². The first kappa shape index (κ1) is 14.2. The van der Waals surface area contributed by atoms with E-state index in [9.17, 15) is 0 Å². The Bertz CT molecular complexity index is 550. The van der Waals surface area contributed by atoms with E-state index in [2.05, 4.69) is 63.6 Å². The molecule has 2 aromatic rings. The van der Waals surface area contributed by atoms with Crippen molar-refractivity contribution in [2.75, 3.05) is 6.54 Å². The molecule has 102 valence electrons. The molecular weight excluding hydrogens is 304 g/mol. The van der Waals surface area contributed by atoms with E-state index < -0.39 is 0 Å². The van der Waals surface area contributed by atoms with Crippen molar-refractivity contribution in [2.24, 2.45) is 7.05 Å². The van der Waals surface area contributed by atoms with Crippen LogP contribution in [0.5, 0.6) is 0 Å². The van der Waals surface area contributed by atoms with Crippen molar-refractivity contribution in [3.8, 4) is 0 Å². The number of hydrogen-bond acceptors (Lipinski definition) is 3. The van der Waals surface area contributed by atoms with Crippen molar-refractivity contribution in [1.29, 1.82) is 0 Å². The maximum absolute atomic E-state index is 4.03. The van der Waals surface area contributed by atoms with E-state index in [0.717, 1.165) is 23.1 Å². The molecule has 0 fully saturated rings. The minimum absolute atomic E-state index is 0.106. The summed E-state index contributed by atoms with van der Waals surface area (Å²) in [7, 11) is 1.92. The van der Waals surface area contributed by atoms with Crippen molar-refractivity contribution < 1.29 is 0 Å². The molecule has 1 heterocycles. The molecular formula is C14H19BrN4. The molecule has 0 spiro atoms. The van der Waals surface area contributed by atoms with Gasteiger partial charge in [-0.3, -0.25) is 4.68 Å². The molecule has 0 saturated heterocycles. The fourth-order valence-corrected chi connectivity index (χ4v) is 2.58. The summed E-state index contributed by atoms with van der Waals surface area (Å²) in [5.41, 5.74) is 3.54. The standard InChI is InChI=1S/C14H19BrN4/c1-4-7-16-14(13-9-17-18-19(13)3)11-8-10(2)5-6-12(11)15/h5-6,8-9,14,16H,4,7H2,1-3H3. The van der Waals surface area contributed by atoms with E-state index in [1.807, 2.05) is 17.9 Å². The molecule has 19 heavy (non-hydrogen) atoms. The molecule has 4 nitrogen and oxygen atoms in total. The Labute approximate surface area is 122 Å². The molecule has 1 aromatic carbocycles. The Morgan fingerprint density at radius 1 is 1.42 bits per heavy atom. The highest BCUT2D eigenvalue weighted by molar-refractivity contribution is 9.10. The lowest BCUT2D eigenvalue weighted by Crippen LogP contribution is -2.25. The third-order valence-corrected chi connectivity index (χ3v) is 3.83. The quantitative estimate of drug-likeness (QED) is 0.920. The van der Waals surface area contributed by atoms with Crippen molar-refractivity contribution >= 4 is 15.9 Å². The minimum Gasteiger partial charge on any atom is -0.305 e. The van der Waals surface area contributed by atoms with Crippen LogP contribution in [0, 0.1) is 6.92 Å². The molecule has 0 radical (unpaired) electrons. The first-order chi connectivity index (χ1) is 9.13. The van der Waals surface area contributed by atoms with Crippen LogP contribution in [0.4, 0.5) is 0 Å². The highest BCUT2D eigenvalue weighted by atomic mass is 79.9. The Balaban J connectivity index is 2.42. The van der Waals surface area contributed by atoms with E-state index in [1.165, 1.54) is 11.1 Å². The van der Waals surface area contributed by atoms with E-state index >= 15 is 0 Å². The summed E-state index contributed by atoms with van der Waals surface area (Å²) >= 11 is 3.64. The average Bonchev–Trinajstić information content (AvgIpc) is 2.80. The SMILES string of the molecule is CCCNC(c1cc(C)ccc1Br)c1cnnn1C. The Hall–Kier alpha value is -1.20. The number of benzene rings is 1. The third-order valence-electron chi connectivity index (χ3n) is 3.11. The van der Waals surface area contributed by atoms with Crippen LogP contribution >= 0.6 is 15.9 Å². The van der Waals surface area contributed by atoms with Gasteiger partial charge in [-0.05, 0) is 31.5 Å². The maximum atomic E-state index is 4.03. The molecule has 1 atom stereocenters. The number of aromatic nitrogens is 3. The molecule has 0 bridgehead atoms. The first-order valence-corrected chi connectivity index (χ1v) is 7.26. The zero-order valence-corrected chi connectivity index (χ0v) is 13.1. The summed E-state index contributed by atoms with van der Waals surface area (Å²) in [5, 5.41) is 11.6. The summed E-state index contributed by atoms with van der Waals surface area (Å²) < 4.78 is 2.93. The number of halogens is 1. The highest BCUT2D eigenvalue weighted by Gasteiger charge is 2.19. The van der Waals surface area contributed by atoms with Crippen LogP contribution in [-0.2, 0) is 7.05 Å². The van der Waals surface area contributed by atoms with Crippen LogP contribution in [0.15, 0.2) is 28.9 Å². The number of aryl methyl sites for hydroxylation is 2. The normalized spacial score (nSPS) is 12.6. The van der Waals surface area contributed by atoms with Gasteiger partial charge in [-0.25, -0.2) is 0 Å². The number of rotatable bonds is 5. The minimum atomic E-state index is 0.106. The summed E-state index contributed by atoms with van der Waals surface area (Å²) in [6.45, 7) is 5.22. The van der Waals surface area contributed by atoms with Crippen molar-refractivity contribution in [2.45, 2.75) is 26.3 Å². The van der Waals surface area contributed by atoms with Gasteiger partial charge in [-0.15, -0.1) is 5.10 Å². The second-order valence-corrected chi connectivity index (χ2v) is 5.55. The molecule has 1 unspecified atom stereocenters. The van der Waals surface area contributed by atoms with Crippen LogP contribution in [0.3, 0.4) is 0 Å². The van der Waals surface area contributed by atoms with Crippen LogP contribution in [0.25, 0.3) is 0 Å². The summed E-state index contributed by atoms with van der Waals surface area (Å²) in [5.74, 6) is 0. The summed E-state index contributed by atoms with van der Waals surface area (Å²) in [6.07, 6.45) is 2.91. The summed E-state index contributed by atoms with van der Waals surface area (Å²) in [4.78, 5) is 0. The second-order valence-electron chi connectivity index (χ2n) is 4.69. The highest BCUT2D eigenvalue weighted by Crippen LogP contribution is 2.28.